The van der Waals surface area contributed by atoms with Crippen molar-refractivity contribution in [3.8, 4) is 0 Å². The number of piperidine rings is 1. The summed E-state index contributed by atoms with van der Waals surface area (Å²) < 4.78 is 122. The molecule has 2 aliphatic heterocycles. The first-order chi connectivity index (χ1) is 16.2. The molecule has 0 N–H and O–H groups in total. The molecule has 35 heavy (non-hydrogen) atoms. The van der Waals surface area contributed by atoms with Crippen LogP contribution >= 0.6 is 0 Å². The van der Waals surface area contributed by atoms with Gasteiger partial charge in [-0.2, -0.15) is 26.3 Å². The Bertz CT molecular complexity index is 1220. The van der Waals surface area contributed by atoms with Gasteiger partial charge in [-0.1, -0.05) is 6.08 Å². The van der Waals surface area contributed by atoms with Crippen LogP contribution in [0.4, 0.5) is 36.4 Å². The molecule has 0 atom stereocenters. The summed E-state index contributed by atoms with van der Waals surface area (Å²) in [5, 5.41) is 0. The molecule has 0 bridgehead atoms. The van der Waals surface area contributed by atoms with Crippen LogP contribution in [0.25, 0.3) is 0 Å². The average Bonchev–Trinajstić information content (AvgIpc) is 3.08. The summed E-state index contributed by atoms with van der Waals surface area (Å²) in [6.45, 7) is 5.14. The van der Waals surface area contributed by atoms with Gasteiger partial charge in [0.05, 0.1) is 21.7 Å². The molecule has 1 fully saturated rings. The Morgan fingerprint density at radius 2 is 1.51 bits per heavy atom. The summed E-state index contributed by atoms with van der Waals surface area (Å²) in [5.41, 5.74) is -3.85. The normalized spacial score (nSPS) is 18.7. The van der Waals surface area contributed by atoms with Crippen LogP contribution in [0.5, 0.6) is 0 Å². The largest absolute Gasteiger partial charge is 0.416 e. The second-order valence-electron chi connectivity index (χ2n) is 8.78. The molecule has 1 spiro atoms. The minimum atomic E-state index is -5.20. The second kappa shape index (κ2) is 8.51. The number of hydrogen-bond acceptors (Lipinski definition) is 3. The number of hydrogen-bond donors (Lipinski definition) is 0. The molecule has 0 radical (unpaired) electrons. The van der Waals surface area contributed by atoms with E-state index in [1.165, 1.54) is 12.1 Å². The summed E-state index contributed by atoms with van der Waals surface area (Å²) in [6.07, 6.45) is -7.82. The third kappa shape index (κ3) is 4.65. The highest BCUT2D eigenvalue weighted by molar-refractivity contribution is 7.92. The van der Waals surface area contributed by atoms with E-state index in [1.54, 1.807) is 6.08 Å². The van der Waals surface area contributed by atoms with Gasteiger partial charge >= 0.3 is 12.4 Å². The van der Waals surface area contributed by atoms with Crippen molar-refractivity contribution in [2.75, 3.05) is 30.5 Å². The zero-order valence-corrected chi connectivity index (χ0v) is 19.1. The fourth-order valence-electron chi connectivity index (χ4n) is 4.79. The number of halogens is 7. The standard InChI is InChI=1S/C23H21F7N2O2S/c1-2-7-31-8-5-21(6-9-31)14-32(20-4-3-17(24)13-19(20)21)35(33,34)18-11-15(22(25,26)27)10-16(12-18)23(28,29)30/h2-4,10-13H,1,5-9,14H2. The lowest BCUT2D eigenvalue weighted by Gasteiger charge is -2.39. The molecule has 2 aromatic rings. The van der Waals surface area contributed by atoms with E-state index in [0.717, 1.165) is 10.4 Å². The van der Waals surface area contributed by atoms with Gasteiger partial charge in [0.2, 0.25) is 0 Å². The number of likely N-dealkylation sites (tertiary alicyclic amines) is 1. The van der Waals surface area contributed by atoms with Crippen LogP contribution in [0.3, 0.4) is 0 Å². The molecular formula is C23H21F7N2O2S. The Hall–Kier alpha value is -2.60. The molecule has 0 amide bonds. The number of fused-ring (bicyclic) bond motifs is 2. The maximum Gasteiger partial charge on any atom is 0.416 e. The summed E-state index contributed by atoms with van der Waals surface area (Å²) in [5.74, 6) is -0.616. The van der Waals surface area contributed by atoms with Gasteiger partial charge in [0.25, 0.3) is 10.0 Å². The van der Waals surface area contributed by atoms with E-state index in [1.807, 2.05) is 0 Å². The van der Waals surface area contributed by atoms with Gasteiger partial charge in [-0.15, -0.1) is 6.58 Å². The molecule has 2 aliphatic rings. The van der Waals surface area contributed by atoms with Crippen molar-refractivity contribution < 1.29 is 39.2 Å². The van der Waals surface area contributed by atoms with E-state index in [9.17, 15) is 39.2 Å². The third-order valence-electron chi connectivity index (χ3n) is 6.59. The molecule has 4 rings (SSSR count). The highest BCUT2D eigenvalue weighted by Crippen LogP contribution is 2.49. The van der Waals surface area contributed by atoms with Gasteiger partial charge in [-0.25, -0.2) is 12.8 Å². The SMILES string of the molecule is C=CCN1CCC2(CC1)CN(S(=O)(=O)c1cc(C(F)(F)F)cc(C(F)(F)F)c1)c1ccc(F)cc12. The Morgan fingerprint density at radius 1 is 0.943 bits per heavy atom. The molecule has 190 valence electrons. The van der Waals surface area contributed by atoms with Crippen LogP contribution in [-0.4, -0.2) is 39.5 Å². The predicted molar refractivity (Wildman–Crippen MR) is 115 cm³/mol. The van der Waals surface area contributed by atoms with Crippen molar-refractivity contribution in [2.45, 2.75) is 35.5 Å². The van der Waals surface area contributed by atoms with Crippen LogP contribution in [0, 0.1) is 5.82 Å². The first kappa shape index (κ1) is 25.5. The molecule has 0 aliphatic carbocycles. The van der Waals surface area contributed by atoms with Crippen LogP contribution in [0.2, 0.25) is 0 Å². The van der Waals surface area contributed by atoms with E-state index in [-0.39, 0.29) is 30.4 Å². The quantitative estimate of drug-likeness (QED) is 0.388. The highest BCUT2D eigenvalue weighted by Gasteiger charge is 2.49. The topological polar surface area (TPSA) is 40.6 Å². The number of benzene rings is 2. The van der Waals surface area contributed by atoms with Crippen LogP contribution in [-0.2, 0) is 27.8 Å². The zero-order valence-electron chi connectivity index (χ0n) is 18.3. The molecule has 2 aromatic carbocycles. The van der Waals surface area contributed by atoms with Gasteiger partial charge in [0, 0.05) is 18.5 Å². The minimum absolute atomic E-state index is 0.0505. The van der Waals surface area contributed by atoms with Crippen molar-refractivity contribution in [3.63, 3.8) is 0 Å². The number of alkyl halides is 6. The maximum absolute atomic E-state index is 14.2. The lowest BCUT2D eigenvalue weighted by molar-refractivity contribution is -0.143. The summed E-state index contributed by atoms with van der Waals surface area (Å²) in [7, 11) is -4.85. The van der Waals surface area contributed by atoms with Crippen molar-refractivity contribution in [1.82, 2.24) is 4.90 Å². The van der Waals surface area contributed by atoms with Gasteiger partial charge < -0.3 is 0 Å². The van der Waals surface area contributed by atoms with Crippen molar-refractivity contribution in [2.24, 2.45) is 0 Å². The van der Waals surface area contributed by atoms with Crippen molar-refractivity contribution >= 4 is 15.7 Å². The first-order valence-electron chi connectivity index (χ1n) is 10.6. The summed E-state index contributed by atoms with van der Waals surface area (Å²) in [6, 6.07) is 3.69. The van der Waals surface area contributed by atoms with E-state index < -0.39 is 49.6 Å². The second-order valence-corrected chi connectivity index (χ2v) is 10.6. The minimum Gasteiger partial charge on any atom is -0.300 e. The fourth-order valence-corrected chi connectivity index (χ4v) is 6.43. The highest BCUT2D eigenvalue weighted by atomic mass is 32.2. The zero-order chi connectivity index (χ0) is 25.8. The first-order valence-corrected chi connectivity index (χ1v) is 12.1. The number of rotatable bonds is 4. The predicted octanol–water partition coefficient (Wildman–Crippen LogP) is 5.59. The summed E-state index contributed by atoms with van der Waals surface area (Å²) >= 11 is 0. The Balaban J connectivity index is 1.81. The molecule has 0 unspecified atom stereocenters. The molecule has 12 heteroatoms. The van der Waals surface area contributed by atoms with Crippen LogP contribution in [0.15, 0.2) is 53.9 Å². The summed E-state index contributed by atoms with van der Waals surface area (Å²) in [4.78, 5) is 0.938. The van der Waals surface area contributed by atoms with Crippen LogP contribution < -0.4 is 4.31 Å². The third-order valence-corrected chi connectivity index (χ3v) is 8.33. The number of sulfonamides is 1. The number of nitrogens with zero attached hydrogens (tertiary/aromatic N) is 2. The number of anilines is 1. The molecule has 2 heterocycles. The Morgan fingerprint density at radius 3 is 2.03 bits per heavy atom. The smallest absolute Gasteiger partial charge is 0.300 e. The Kier molecular flexibility index (Phi) is 6.20. The lowest BCUT2D eigenvalue weighted by atomic mass is 9.74. The fraction of sp³-hybridized carbons (Fsp3) is 0.391. The molecule has 0 aromatic heterocycles. The van der Waals surface area contributed by atoms with E-state index >= 15 is 0 Å². The van der Waals surface area contributed by atoms with Crippen molar-refractivity contribution in [3.05, 3.63) is 71.6 Å². The van der Waals surface area contributed by atoms with Gasteiger partial charge in [-0.05, 0) is 67.9 Å². The Labute approximate surface area is 197 Å². The monoisotopic (exact) mass is 522 g/mol. The molecular weight excluding hydrogens is 501 g/mol. The van der Waals surface area contributed by atoms with E-state index in [0.29, 0.717) is 38.0 Å². The van der Waals surface area contributed by atoms with Gasteiger partial charge in [0.15, 0.2) is 0 Å². The van der Waals surface area contributed by atoms with E-state index in [4.69, 9.17) is 0 Å². The average molecular weight is 522 g/mol. The lowest BCUT2D eigenvalue weighted by Crippen LogP contribution is -2.46. The van der Waals surface area contributed by atoms with Crippen LogP contribution in [0.1, 0.15) is 29.5 Å². The maximum atomic E-state index is 14.2. The van der Waals surface area contributed by atoms with Gasteiger partial charge in [-0.3, -0.25) is 9.21 Å². The van der Waals surface area contributed by atoms with Crippen molar-refractivity contribution in [1.29, 1.82) is 0 Å². The van der Waals surface area contributed by atoms with E-state index in [2.05, 4.69) is 11.5 Å². The van der Waals surface area contributed by atoms with Gasteiger partial charge in [0.1, 0.15) is 5.82 Å². The molecule has 4 nitrogen and oxygen atoms in total. The molecule has 1 saturated heterocycles. The molecule has 0 saturated carbocycles.